The summed E-state index contributed by atoms with van der Waals surface area (Å²) in [4.78, 5) is 0. The second-order valence-corrected chi connectivity index (χ2v) is 4.96. The molecule has 0 radical (unpaired) electrons. The quantitative estimate of drug-likeness (QED) is 0.685. The van der Waals surface area contributed by atoms with E-state index >= 15 is 0 Å². The Morgan fingerprint density at radius 1 is 0.591 bits per heavy atom. The molecule has 4 aliphatic carbocycles. The summed E-state index contributed by atoms with van der Waals surface area (Å²) < 4.78 is 22.7. The Morgan fingerprint density at radius 3 is 1.23 bits per heavy atom. The molecule has 0 heterocycles. The van der Waals surface area contributed by atoms with Crippen molar-refractivity contribution < 1.29 is 18.9 Å². The van der Waals surface area contributed by atoms with Gasteiger partial charge in [0.25, 0.3) is 0 Å². The molecule has 0 atom stereocenters. The third-order valence-electron chi connectivity index (χ3n) is 3.78. The first kappa shape index (κ1) is 14.6. The number of hydrogen-bond acceptors (Lipinski definition) is 4. The minimum absolute atomic E-state index is 0.607. The van der Waals surface area contributed by atoms with Crippen LogP contribution in [0.2, 0.25) is 0 Å². The average Bonchev–Trinajstić information content (AvgIpc) is 2.52. The smallest absolute Gasteiger partial charge is 0.128 e. The van der Waals surface area contributed by atoms with Gasteiger partial charge in [-0.25, -0.2) is 0 Å². The van der Waals surface area contributed by atoms with Gasteiger partial charge in [-0.15, -0.1) is 0 Å². The van der Waals surface area contributed by atoms with Crippen molar-refractivity contribution >= 4 is 0 Å². The van der Waals surface area contributed by atoms with Gasteiger partial charge in [-0.2, -0.15) is 0 Å². The summed E-state index contributed by atoms with van der Waals surface area (Å²) in [6.07, 6.45) is 0. The first-order chi connectivity index (χ1) is 10.7. The molecule has 116 valence electrons. The Bertz CT molecular complexity index is 645. The van der Waals surface area contributed by atoms with Crippen LogP contribution in [0.25, 0.3) is 22.3 Å². The molecular weight excluding hydrogens is 280 g/mol. The highest BCUT2D eigenvalue weighted by Gasteiger charge is 2.25. The summed E-state index contributed by atoms with van der Waals surface area (Å²) in [6.45, 7) is 5.17. The summed E-state index contributed by atoms with van der Waals surface area (Å²) in [5.74, 6) is 3.28. The first-order valence-electron chi connectivity index (χ1n) is 7.43. The van der Waals surface area contributed by atoms with E-state index in [-0.39, 0.29) is 0 Å². The molecule has 0 saturated carbocycles. The van der Waals surface area contributed by atoms with Crippen molar-refractivity contribution in [3.8, 4) is 45.3 Å². The third kappa shape index (κ3) is 2.15. The maximum absolute atomic E-state index is 5.81. The van der Waals surface area contributed by atoms with Gasteiger partial charge in [-0.1, -0.05) is 0 Å². The third-order valence-corrected chi connectivity index (χ3v) is 3.78. The Hall–Kier alpha value is -2.36. The molecule has 0 spiro atoms. The van der Waals surface area contributed by atoms with Crippen LogP contribution in [0, 0.1) is 0 Å². The minimum atomic E-state index is 0.607. The van der Waals surface area contributed by atoms with Gasteiger partial charge >= 0.3 is 0 Å². The second kappa shape index (κ2) is 5.79. The van der Waals surface area contributed by atoms with Crippen molar-refractivity contribution in [3.05, 3.63) is 24.3 Å². The molecule has 0 fully saturated rings. The van der Waals surface area contributed by atoms with Gasteiger partial charge < -0.3 is 18.9 Å². The molecular formula is C18H20O4. The molecule has 4 heteroatoms. The lowest BCUT2D eigenvalue weighted by Crippen LogP contribution is -2.04. The van der Waals surface area contributed by atoms with Crippen molar-refractivity contribution in [2.75, 3.05) is 27.4 Å². The van der Waals surface area contributed by atoms with Crippen LogP contribution in [-0.4, -0.2) is 27.4 Å². The summed E-state index contributed by atoms with van der Waals surface area (Å²) in [6, 6.07) is 8.03. The molecule has 6 rings (SSSR count). The van der Waals surface area contributed by atoms with Gasteiger partial charge in [0.15, 0.2) is 0 Å². The molecule has 0 amide bonds. The molecule has 4 bridgehead atoms. The van der Waals surface area contributed by atoms with Crippen LogP contribution < -0.4 is 18.9 Å². The zero-order chi connectivity index (χ0) is 15.7. The fourth-order valence-electron chi connectivity index (χ4n) is 2.85. The molecule has 0 unspecified atom stereocenters. The van der Waals surface area contributed by atoms with E-state index in [9.17, 15) is 0 Å². The normalized spacial score (nSPS) is 11.1. The lowest BCUT2D eigenvalue weighted by Gasteiger charge is -2.24. The molecule has 4 aliphatic rings. The van der Waals surface area contributed by atoms with Crippen molar-refractivity contribution in [1.29, 1.82) is 0 Å². The summed E-state index contributed by atoms with van der Waals surface area (Å²) in [7, 11) is 3.35. The van der Waals surface area contributed by atoms with E-state index in [4.69, 9.17) is 18.9 Å². The monoisotopic (exact) mass is 300 g/mol. The predicted octanol–water partition coefficient (Wildman–Crippen LogP) is 4.15. The van der Waals surface area contributed by atoms with E-state index in [0.29, 0.717) is 13.2 Å². The molecule has 4 nitrogen and oxygen atoms in total. The first-order valence-corrected chi connectivity index (χ1v) is 7.43. The SMILES string of the molecule is CCOc1cc2c(OCC)cc1-c1cc(OC)c-2cc1OC. The molecule has 0 N–H and O–H groups in total. The van der Waals surface area contributed by atoms with Gasteiger partial charge in [0.2, 0.25) is 0 Å². The maximum atomic E-state index is 5.81. The standard InChI is InChI=1S/C18H20O4/c1-5-21-17-9-14-12-8-15(19-3)11(7-16(12)20-4)13(17)10-18(14)22-6-2/h7-10H,5-6H2,1-4H3. The fraction of sp³-hybridized carbons (Fsp3) is 0.333. The van der Waals surface area contributed by atoms with E-state index in [0.717, 1.165) is 45.3 Å². The van der Waals surface area contributed by atoms with Crippen LogP contribution >= 0.6 is 0 Å². The summed E-state index contributed by atoms with van der Waals surface area (Å²) in [5.41, 5.74) is 3.79. The molecule has 22 heavy (non-hydrogen) atoms. The Kier molecular flexibility index (Phi) is 3.84. The molecule has 0 saturated heterocycles. The van der Waals surface area contributed by atoms with Crippen molar-refractivity contribution in [2.45, 2.75) is 13.8 Å². The zero-order valence-electron chi connectivity index (χ0n) is 13.4. The lowest BCUT2D eigenvalue weighted by atomic mass is 9.90. The highest BCUT2D eigenvalue weighted by atomic mass is 16.5. The number of methoxy groups -OCH3 is 2. The Balaban J connectivity index is 2.33. The molecule has 2 aromatic rings. The van der Waals surface area contributed by atoms with E-state index in [1.54, 1.807) is 14.2 Å². The highest BCUT2D eigenvalue weighted by molar-refractivity contribution is 5.92. The summed E-state index contributed by atoms with van der Waals surface area (Å²) in [5, 5.41) is 0. The topological polar surface area (TPSA) is 36.9 Å². The minimum Gasteiger partial charge on any atom is -0.496 e. The van der Waals surface area contributed by atoms with Crippen molar-refractivity contribution in [2.24, 2.45) is 0 Å². The van der Waals surface area contributed by atoms with Gasteiger partial charge in [0, 0.05) is 22.3 Å². The number of benzene rings is 2. The van der Waals surface area contributed by atoms with Gasteiger partial charge in [-0.3, -0.25) is 0 Å². The van der Waals surface area contributed by atoms with Gasteiger partial charge in [-0.05, 0) is 38.1 Å². The molecule has 0 aromatic heterocycles. The average molecular weight is 300 g/mol. The summed E-state index contributed by atoms with van der Waals surface area (Å²) >= 11 is 0. The van der Waals surface area contributed by atoms with Crippen LogP contribution in [0.1, 0.15) is 13.8 Å². The van der Waals surface area contributed by atoms with Crippen LogP contribution in [0.15, 0.2) is 24.3 Å². The van der Waals surface area contributed by atoms with E-state index in [2.05, 4.69) is 0 Å². The fourth-order valence-corrected chi connectivity index (χ4v) is 2.85. The van der Waals surface area contributed by atoms with E-state index in [1.807, 2.05) is 38.1 Å². The van der Waals surface area contributed by atoms with Crippen LogP contribution in [0.3, 0.4) is 0 Å². The van der Waals surface area contributed by atoms with Crippen LogP contribution in [0.5, 0.6) is 23.0 Å². The molecule has 0 aliphatic heterocycles. The lowest BCUT2D eigenvalue weighted by molar-refractivity contribution is 0.332. The Labute approximate surface area is 130 Å². The van der Waals surface area contributed by atoms with Crippen molar-refractivity contribution in [3.63, 3.8) is 0 Å². The highest BCUT2D eigenvalue weighted by Crippen LogP contribution is 2.52. The Morgan fingerprint density at radius 2 is 0.909 bits per heavy atom. The van der Waals surface area contributed by atoms with Gasteiger partial charge in [0.05, 0.1) is 27.4 Å². The van der Waals surface area contributed by atoms with E-state index < -0.39 is 0 Å². The van der Waals surface area contributed by atoms with Gasteiger partial charge in [0.1, 0.15) is 23.0 Å². The van der Waals surface area contributed by atoms with E-state index in [1.165, 1.54) is 0 Å². The largest absolute Gasteiger partial charge is 0.496 e. The predicted molar refractivity (Wildman–Crippen MR) is 86.3 cm³/mol. The maximum Gasteiger partial charge on any atom is 0.128 e. The number of ether oxygens (including phenoxy) is 4. The van der Waals surface area contributed by atoms with Crippen LogP contribution in [0.4, 0.5) is 0 Å². The second-order valence-electron chi connectivity index (χ2n) is 4.96. The number of rotatable bonds is 6. The zero-order valence-corrected chi connectivity index (χ0v) is 13.4. The molecule has 2 aromatic carbocycles. The van der Waals surface area contributed by atoms with Crippen molar-refractivity contribution in [1.82, 2.24) is 0 Å². The van der Waals surface area contributed by atoms with Crippen LogP contribution in [-0.2, 0) is 0 Å². The number of hydrogen-bond donors (Lipinski definition) is 0.